The third kappa shape index (κ3) is 3.43. The summed E-state index contributed by atoms with van der Waals surface area (Å²) in [6.07, 6.45) is 1.20. The average molecular weight is 328 g/mol. The molecule has 0 bridgehead atoms. The van der Waals surface area contributed by atoms with Gasteiger partial charge in [0.25, 0.3) is 0 Å². The van der Waals surface area contributed by atoms with Crippen LogP contribution in [0.25, 0.3) is 10.9 Å². The van der Waals surface area contributed by atoms with Gasteiger partial charge in [0.05, 0.1) is 17.5 Å². The summed E-state index contributed by atoms with van der Waals surface area (Å²) in [5, 5.41) is 3.99. The van der Waals surface area contributed by atoms with Gasteiger partial charge in [-0.15, -0.1) is 0 Å². The van der Waals surface area contributed by atoms with Crippen LogP contribution in [-0.4, -0.2) is 26.8 Å². The Morgan fingerprint density at radius 1 is 1.00 bits per heavy atom. The quantitative estimate of drug-likeness (QED) is 0.795. The van der Waals surface area contributed by atoms with Crippen LogP contribution in [0.5, 0.6) is 5.75 Å². The number of benzene rings is 2. The Morgan fingerprint density at radius 2 is 1.74 bits per heavy atom. The number of sulfone groups is 1. The molecule has 0 saturated carbocycles. The third-order valence-corrected chi connectivity index (χ3v) is 4.56. The lowest BCUT2D eigenvalue weighted by molar-refractivity contribution is 0.415. The zero-order chi connectivity index (χ0) is 16.4. The molecular formula is C17H16N2O3S. The van der Waals surface area contributed by atoms with Crippen LogP contribution in [0.1, 0.15) is 0 Å². The molecule has 6 heteroatoms. The zero-order valence-corrected chi connectivity index (χ0v) is 13.6. The van der Waals surface area contributed by atoms with Crippen molar-refractivity contribution in [2.45, 2.75) is 4.90 Å². The van der Waals surface area contributed by atoms with Gasteiger partial charge in [-0.1, -0.05) is 0 Å². The Kier molecular flexibility index (Phi) is 3.92. The largest absolute Gasteiger partial charge is 0.497 e. The normalized spacial score (nSPS) is 11.4. The van der Waals surface area contributed by atoms with Gasteiger partial charge in [0.2, 0.25) is 0 Å². The Labute approximate surface area is 134 Å². The molecule has 2 aromatic carbocycles. The van der Waals surface area contributed by atoms with Crippen molar-refractivity contribution >= 4 is 32.2 Å². The third-order valence-electron chi connectivity index (χ3n) is 3.45. The average Bonchev–Trinajstić information content (AvgIpc) is 2.54. The van der Waals surface area contributed by atoms with Crippen molar-refractivity contribution < 1.29 is 13.2 Å². The zero-order valence-electron chi connectivity index (χ0n) is 12.8. The summed E-state index contributed by atoms with van der Waals surface area (Å²) in [6.45, 7) is 0. The van der Waals surface area contributed by atoms with E-state index in [0.29, 0.717) is 10.7 Å². The number of hydrogen-bond acceptors (Lipinski definition) is 5. The van der Waals surface area contributed by atoms with E-state index in [9.17, 15) is 8.42 Å². The highest BCUT2D eigenvalue weighted by Gasteiger charge is 2.08. The van der Waals surface area contributed by atoms with Crippen LogP contribution < -0.4 is 10.1 Å². The van der Waals surface area contributed by atoms with Crippen LogP contribution in [0.4, 0.5) is 11.5 Å². The maximum absolute atomic E-state index is 11.6. The van der Waals surface area contributed by atoms with Crippen molar-refractivity contribution in [1.29, 1.82) is 0 Å². The maximum Gasteiger partial charge on any atom is 0.175 e. The SMILES string of the molecule is COc1ccc(Nc2ccc3cc(S(C)(=O)=O)ccc3n2)cc1. The lowest BCUT2D eigenvalue weighted by atomic mass is 10.2. The smallest absolute Gasteiger partial charge is 0.175 e. The molecule has 0 spiro atoms. The maximum atomic E-state index is 11.6. The predicted octanol–water partition coefficient (Wildman–Crippen LogP) is 3.39. The predicted molar refractivity (Wildman–Crippen MR) is 91.1 cm³/mol. The van der Waals surface area contributed by atoms with E-state index in [0.717, 1.165) is 22.3 Å². The number of rotatable bonds is 4. The van der Waals surface area contributed by atoms with Crippen molar-refractivity contribution in [3.05, 3.63) is 54.6 Å². The Hall–Kier alpha value is -2.60. The first-order chi connectivity index (χ1) is 11.0. The number of fused-ring (bicyclic) bond motifs is 1. The molecule has 1 N–H and O–H groups in total. The van der Waals surface area contributed by atoms with Gasteiger partial charge < -0.3 is 10.1 Å². The minimum atomic E-state index is -3.21. The van der Waals surface area contributed by atoms with Gasteiger partial charge >= 0.3 is 0 Å². The van der Waals surface area contributed by atoms with Crippen molar-refractivity contribution in [2.75, 3.05) is 18.7 Å². The molecule has 0 aliphatic rings. The van der Waals surface area contributed by atoms with Crippen molar-refractivity contribution in [2.24, 2.45) is 0 Å². The molecule has 5 nitrogen and oxygen atoms in total. The number of ether oxygens (including phenoxy) is 1. The fourth-order valence-corrected chi connectivity index (χ4v) is 2.88. The molecule has 0 unspecified atom stereocenters. The number of methoxy groups -OCH3 is 1. The molecular weight excluding hydrogens is 312 g/mol. The molecule has 0 saturated heterocycles. The molecule has 0 aliphatic carbocycles. The molecule has 1 heterocycles. The van der Waals surface area contributed by atoms with E-state index >= 15 is 0 Å². The van der Waals surface area contributed by atoms with Gasteiger partial charge in [-0.3, -0.25) is 0 Å². The molecule has 23 heavy (non-hydrogen) atoms. The standard InChI is InChI=1S/C17H16N2O3S/c1-22-14-6-4-13(5-7-14)18-17-10-3-12-11-15(23(2,20)21)8-9-16(12)19-17/h3-11H,1-2H3,(H,18,19). The topological polar surface area (TPSA) is 68.3 Å². The lowest BCUT2D eigenvalue weighted by Gasteiger charge is -2.08. The summed E-state index contributed by atoms with van der Waals surface area (Å²) >= 11 is 0. The highest BCUT2D eigenvalue weighted by Crippen LogP contribution is 2.23. The number of hydrogen-bond donors (Lipinski definition) is 1. The second kappa shape index (κ2) is 5.89. The van der Waals surface area contributed by atoms with Crippen molar-refractivity contribution in [3.63, 3.8) is 0 Å². The van der Waals surface area contributed by atoms with Crippen molar-refractivity contribution in [3.8, 4) is 5.75 Å². The summed E-state index contributed by atoms with van der Waals surface area (Å²) in [6, 6.07) is 16.1. The Balaban J connectivity index is 1.90. The number of aromatic nitrogens is 1. The summed E-state index contributed by atoms with van der Waals surface area (Å²) in [4.78, 5) is 4.79. The molecule has 0 atom stereocenters. The first kappa shape index (κ1) is 15.3. The van der Waals surface area contributed by atoms with E-state index in [1.165, 1.54) is 6.26 Å². The minimum Gasteiger partial charge on any atom is -0.497 e. The number of nitrogens with zero attached hydrogens (tertiary/aromatic N) is 1. The Bertz CT molecular complexity index is 951. The molecule has 0 fully saturated rings. The van der Waals surface area contributed by atoms with Crippen LogP contribution in [0, 0.1) is 0 Å². The monoisotopic (exact) mass is 328 g/mol. The second-order valence-electron chi connectivity index (χ2n) is 5.18. The summed E-state index contributed by atoms with van der Waals surface area (Å²) < 4.78 is 28.3. The number of nitrogens with one attached hydrogen (secondary N) is 1. The van der Waals surface area contributed by atoms with Crippen LogP contribution in [-0.2, 0) is 9.84 Å². The lowest BCUT2D eigenvalue weighted by Crippen LogP contribution is -1.98. The van der Waals surface area contributed by atoms with Crippen LogP contribution in [0.3, 0.4) is 0 Å². The minimum absolute atomic E-state index is 0.294. The van der Waals surface area contributed by atoms with Crippen LogP contribution in [0.15, 0.2) is 59.5 Å². The second-order valence-corrected chi connectivity index (χ2v) is 7.19. The van der Waals surface area contributed by atoms with E-state index in [1.54, 1.807) is 25.3 Å². The molecule has 0 amide bonds. The Morgan fingerprint density at radius 3 is 2.39 bits per heavy atom. The molecule has 0 aliphatic heterocycles. The molecule has 3 aromatic rings. The van der Waals surface area contributed by atoms with Crippen LogP contribution in [0.2, 0.25) is 0 Å². The number of anilines is 2. The first-order valence-corrected chi connectivity index (χ1v) is 8.87. The highest BCUT2D eigenvalue weighted by atomic mass is 32.2. The molecule has 118 valence electrons. The van der Waals surface area contributed by atoms with Gasteiger partial charge in [0.1, 0.15) is 11.6 Å². The molecule has 0 radical (unpaired) electrons. The van der Waals surface area contributed by atoms with Gasteiger partial charge in [0.15, 0.2) is 9.84 Å². The highest BCUT2D eigenvalue weighted by molar-refractivity contribution is 7.90. The van der Waals surface area contributed by atoms with E-state index in [2.05, 4.69) is 10.3 Å². The summed E-state index contributed by atoms with van der Waals surface area (Å²) in [5.74, 6) is 1.48. The van der Waals surface area contributed by atoms with Gasteiger partial charge in [-0.25, -0.2) is 13.4 Å². The molecule has 1 aromatic heterocycles. The fraction of sp³-hybridized carbons (Fsp3) is 0.118. The van der Waals surface area contributed by atoms with Crippen LogP contribution >= 0.6 is 0 Å². The summed E-state index contributed by atoms with van der Waals surface area (Å²) in [7, 11) is -1.59. The first-order valence-electron chi connectivity index (χ1n) is 6.98. The fourth-order valence-electron chi connectivity index (χ4n) is 2.23. The number of pyridine rings is 1. The molecule has 3 rings (SSSR count). The van der Waals surface area contributed by atoms with Gasteiger partial charge in [-0.2, -0.15) is 0 Å². The summed E-state index contributed by atoms with van der Waals surface area (Å²) in [5.41, 5.74) is 1.63. The van der Waals surface area contributed by atoms with E-state index in [-0.39, 0.29) is 0 Å². The van der Waals surface area contributed by atoms with Gasteiger partial charge in [-0.05, 0) is 54.6 Å². The van der Waals surface area contributed by atoms with Crippen molar-refractivity contribution in [1.82, 2.24) is 4.98 Å². The van der Waals surface area contributed by atoms with E-state index < -0.39 is 9.84 Å². The van der Waals surface area contributed by atoms with Gasteiger partial charge in [0, 0.05) is 17.3 Å². The van der Waals surface area contributed by atoms with E-state index in [1.807, 2.05) is 36.4 Å². The van der Waals surface area contributed by atoms with E-state index in [4.69, 9.17) is 4.74 Å².